The molecule has 2 aliphatic carbocycles. The zero-order valence-electron chi connectivity index (χ0n) is 9.94. The zero-order valence-corrected chi connectivity index (χ0v) is 9.94. The number of nitrogens with two attached hydrogens (primary N) is 1. The van der Waals surface area contributed by atoms with E-state index in [4.69, 9.17) is 10.3 Å². The minimum atomic E-state index is 0.209. The molecule has 0 aromatic carbocycles. The molecule has 2 atom stereocenters. The first-order chi connectivity index (χ1) is 7.56. The topological polar surface area (TPSA) is 64.9 Å². The van der Waals surface area contributed by atoms with Crippen LogP contribution in [0.2, 0.25) is 0 Å². The van der Waals surface area contributed by atoms with Gasteiger partial charge in [0, 0.05) is 18.4 Å². The van der Waals surface area contributed by atoms with Gasteiger partial charge >= 0.3 is 0 Å². The first kappa shape index (κ1) is 10.3. The number of nitrogens with zero attached hydrogens (tertiary/aromatic N) is 2. The van der Waals surface area contributed by atoms with Gasteiger partial charge in [-0.15, -0.1) is 0 Å². The molecule has 88 valence electrons. The third kappa shape index (κ3) is 1.86. The molecule has 2 aliphatic rings. The fourth-order valence-corrected chi connectivity index (χ4v) is 2.29. The van der Waals surface area contributed by atoms with Crippen LogP contribution in [0.5, 0.6) is 0 Å². The van der Waals surface area contributed by atoms with Crippen molar-refractivity contribution < 1.29 is 4.52 Å². The van der Waals surface area contributed by atoms with Crippen molar-refractivity contribution in [2.45, 2.75) is 51.5 Å². The standard InChI is InChI=1S/C12H19N3O/c1-12(2)6-8(12)11-14-10(16-15-11)5-9(13)7-3-4-7/h7-9H,3-6,13H2,1-2H3. The molecule has 2 unspecified atom stereocenters. The number of hydrogen-bond donors (Lipinski definition) is 1. The van der Waals surface area contributed by atoms with E-state index in [0.29, 0.717) is 17.3 Å². The molecule has 2 saturated carbocycles. The fourth-order valence-electron chi connectivity index (χ4n) is 2.29. The third-order valence-corrected chi connectivity index (χ3v) is 3.95. The minimum absolute atomic E-state index is 0.209. The van der Waals surface area contributed by atoms with Crippen molar-refractivity contribution in [1.82, 2.24) is 10.1 Å². The molecule has 0 radical (unpaired) electrons. The van der Waals surface area contributed by atoms with Crippen molar-refractivity contribution in [2.75, 3.05) is 0 Å². The summed E-state index contributed by atoms with van der Waals surface area (Å²) >= 11 is 0. The van der Waals surface area contributed by atoms with E-state index in [9.17, 15) is 0 Å². The lowest BCUT2D eigenvalue weighted by molar-refractivity contribution is 0.358. The quantitative estimate of drug-likeness (QED) is 0.842. The Bertz CT molecular complexity index is 395. The Morgan fingerprint density at radius 1 is 1.50 bits per heavy atom. The largest absolute Gasteiger partial charge is 0.339 e. The zero-order chi connectivity index (χ0) is 11.3. The van der Waals surface area contributed by atoms with Gasteiger partial charge in [-0.1, -0.05) is 19.0 Å². The molecule has 4 nitrogen and oxygen atoms in total. The van der Waals surface area contributed by atoms with Gasteiger partial charge in [0.15, 0.2) is 5.82 Å². The summed E-state index contributed by atoms with van der Waals surface area (Å²) in [5, 5.41) is 4.06. The molecule has 1 aromatic rings. The Morgan fingerprint density at radius 2 is 2.19 bits per heavy atom. The van der Waals surface area contributed by atoms with Crippen molar-refractivity contribution in [3.63, 3.8) is 0 Å². The van der Waals surface area contributed by atoms with Gasteiger partial charge in [-0.3, -0.25) is 0 Å². The highest BCUT2D eigenvalue weighted by Crippen LogP contribution is 2.57. The summed E-state index contributed by atoms with van der Waals surface area (Å²) < 4.78 is 5.27. The second kappa shape index (κ2) is 3.29. The highest BCUT2D eigenvalue weighted by Gasteiger charge is 2.49. The van der Waals surface area contributed by atoms with Crippen LogP contribution < -0.4 is 5.73 Å². The van der Waals surface area contributed by atoms with Crippen molar-refractivity contribution in [3.8, 4) is 0 Å². The summed E-state index contributed by atoms with van der Waals surface area (Å²) in [6.45, 7) is 4.48. The lowest BCUT2D eigenvalue weighted by atomic mass is 10.1. The lowest BCUT2D eigenvalue weighted by Crippen LogP contribution is -2.25. The maximum absolute atomic E-state index is 6.04. The van der Waals surface area contributed by atoms with Gasteiger partial charge in [0.2, 0.25) is 5.89 Å². The van der Waals surface area contributed by atoms with Crippen molar-refractivity contribution >= 4 is 0 Å². The number of hydrogen-bond acceptors (Lipinski definition) is 4. The van der Waals surface area contributed by atoms with Crippen LogP contribution in [0.4, 0.5) is 0 Å². The fraction of sp³-hybridized carbons (Fsp3) is 0.833. The Labute approximate surface area is 95.6 Å². The van der Waals surface area contributed by atoms with Gasteiger partial charge in [-0.05, 0) is 30.6 Å². The highest BCUT2D eigenvalue weighted by atomic mass is 16.5. The summed E-state index contributed by atoms with van der Waals surface area (Å²) in [6, 6.07) is 0.209. The Kier molecular flexibility index (Phi) is 2.11. The Morgan fingerprint density at radius 3 is 2.75 bits per heavy atom. The SMILES string of the molecule is CC1(C)CC1c1noc(CC(N)C2CC2)n1. The minimum Gasteiger partial charge on any atom is -0.339 e. The molecule has 0 spiro atoms. The summed E-state index contributed by atoms with van der Waals surface area (Å²) in [5.41, 5.74) is 6.40. The van der Waals surface area contributed by atoms with Crippen LogP contribution in [0, 0.1) is 11.3 Å². The van der Waals surface area contributed by atoms with Gasteiger partial charge < -0.3 is 10.3 Å². The molecule has 0 amide bonds. The van der Waals surface area contributed by atoms with E-state index in [1.54, 1.807) is 0 Å². The van der Waals surface area contributed by atoms with Crippen LogP contribution in [0.15, 0.2) is 4.52 Å². The van der Waals surface area contributed by atoms with E-state index in [-0.39, 0.29) is 6.04 Å². The molecule has 0 bridgehead atoms. The second-order valence-electron chi connectivity index (χ2n) is 6.00. The van der Waals surface area contributed by atoms with E-state index >= 15 is 0 Å². The normalized spacial score (nSPS) is 29.1. The molecule has 4 heteroatoms. The molecule has 16 heavy (non-hydrogen) atoms. The summed E-state index contributed by atoms with van der Waals surface area (Å²) in [4.78, 5) is 4.46. The molecular weight excluding hydrogens is 202 g/mol. The van der Waals surface area contributed by atoms with Crippen molar-refractivity contribution in [1.29, 1.82) is 0 Å². The third-order valence-electron chi connectivity index (χ3n) is 3.95. The molecule has 1 aromatic heterocycles. The molecule has 0 aliphatic heterocycles. The maximum atomic E-state index is 6.04. The second-order valence-corrected chi connectivity index (χ2v) is 6.00. The van der Waals surface area contributed by atoms with Crippen LogP contribution in [-0.4, -0.2) is 16.2 Å². The average molecular weight is 221 g/mol. The predicted octanol–water partition coefficient (Wildman–Crippen LogP) is 1.86. The number of aromatic nitrogens is 2. The highest BCUT2D eigenvalue weighted by molar-refractivity contribution is 5.14. The first-order valence-electron chi connectivity index (χ1n) is 6.14. The molecular formula is C12H19N3O. The molecule has 1 heterocycles. The van der Waals surface area contributed by atoms with Crippen LogP contribution in [0.3, 0.4) is 0 Å². The molecule has 0 saturated heterocycles. The average Bonchev–Trinajstić information content (AvgIpc) is 3.09. The van der Waals surface area contributed by atoms with E-state index < -0.39 is 0 Å². The predicted molar refractivity (Wildman–Crippen MR) is 59.8 cm³/mol. The lowest BCUT2D eigenvalue weighted by Gasteiger charge is -2.04. The Hall–Kier alpha value is -0.900. The monoisotopic (exact) mass is 221 g/mol. The van der Waals surface area contributed by atoms with Crippen molar-refractivity contribution in [3.05, 3.63) is 11.7 Å². The van der Waals surface area contributed by atoms with Gasteiger partial charge in [-0.25, -0.2) is 0 Å². The van der Waals surface area contributed by atoms with Crippen LogP contribution in [-0.2, 0) is 6.42 Å². The van der Waals surface area contributed by atoms with Crippen molar-refractivity contribution in [2.24, 2.45) is 17.1 Å². The van der Waals surface area contributed by atoms with Crippen LogP contribution in [0.1, 0.15) is 50.7 Å². The molecule has 2 fully saturated rings. The van der Waals surface area contributed by atoms with Gasteiger partial charge in [0.25, 0.3) is 0 Å². The first-order valence-corrected chi connectivity index (χ1v) is 6.14. The van der Waals surface area contributed by atoms with Crippen LogP contribution >= 0.6 is 0 Å². The van der Waals surface area contributed by atoms with Gasteiger partial charge in [0.05, 0.1) is 0 Å². The summed E-state index contributed by atoms with van der Waals surface area (Å²) in [7, 11) is 0. The van der Waals surface area contributed by atoms with Gasteiger partial charge in [0.1, 0.15) is 0 Å². The summed E-state index contributed by atoms with van der Waals surface area (Å²) in [5.74, 6) is 2.77. The molecule has 3 rings (SSSR count). The Balaban J connectivity index is 1.64. The van der Waals surface area contributed by atoms with Gasteiger partial charge in [-0.2, -0.15) is 4.98 Å². The van der Waals surface area contributed by atoms with E-state index in [1.807, 2.05) is 0 Å². The smallest absolute Gasteiger partial charge is 0.228 e. The maximum Gasteiger partial charge on any atom is 0.228 e. The van der Waals surface area contributed by atoms with Crippen LogP contribution in [0.25, 0.3) is 0 Å². The summed E-state index contributed by atoms with van der Waals surface area (Å²) in [6.07, 6.45) is 4.43. The van der Waals surface area contributed by atoms with E-state index in [2.05, 4.69) is 24.0 Å². The molecule has 2 N–H and O–H groups in total. The van der Waals surface area contributed by atoms with E-state index in [0.717, 1.165) is 18.1 Å². The van der Waals surface area contributed by atoms with E-state index in [1.165, 1.54) is 19.3 Å². The number of rotatable bonds is 4.